The predicted octanol–water partition coefficient (Wildman–Crippen LogP) is 3.42. The van der Waals surface area contributed by atoms with Gasteiger partial charge in [-0.05, 0) is 46.3 Å². The Labute approximate surface area is 132 Å². The van der Waals surface area contributed by atoms with Crippen LogP contribution in [0.25, 0.3) is 0 Å². The molecule has 0 saturated heterocycles. The standard InChI is InChI=1S/C12H7BrCl2N2O3/c13-10-4-3-9(20-10)12(19)17-16-11(18)7-2-1-6(14)5-8(7)15/h1-5H,(H,16,18)(H,17,19). The molecular weight excluding hydrogens is 371 g/mol. The Bertz CT molecular complexity index is 672. The van der Waals surface area contributed by atoms with E-state index in [1.54, 1.807) is 6.07 Å². The number of furan rings is 1. The Balaban J connectivity index is 2.00. The molecule has 2 N–H and O–H groups in total. The lowest BCUT2D eigenvalue weighted by molar-refractivity contribution is 0.0830. The molecule has 0 radical (unpaired) electrons. The van der Waals surface area contributed by atoms with Crippen molar-refractivity contribution in [2.45, 2.75) is 0 Å². The lowest BCUT2D eigenvalue weighted by Gasteiger charge is -2.07. The summed E-state index contributed by atoms with van der Waals surface area (Å²) in [4.78, 5) is 23.5. The van der Waals surface area contributed by atoms with Crippen LogP contribution in [0.3, 0.4) is 0 Å². The van der Waals surface area contributed by atoms with Gasteiger partial charge in [-0.1, -0.05) is 23.2 Å². The summed E-state index contributed by atoms with van der Waals surface area (Å²) in [6.45, 7) is 0. The third-order valence-corrected chi connectivity index (χ3v) is 3.24. The fourth-order valence-corrected chi connectivity index (χ4v) is 2.15. The number of halogens is 3. The number of amides is 2. The van der Waals surface area contributed by atoms with E-state index in [0.29, 0.717) is 9.69 Å². The zero-order chi connectivity index (χ0) is 14.7. The molecule has 20 heavy (non-hydrogen) atoms. The summed E-state index contributed by atoms with van der Waals surface area (Å²) in [5.41, 5.74) is 4.62. The summed E-state index contributed by atoms with van der Waals surface area (Å²) in [6, 6.07) is 7.43. The van der Waals surface area contributed by atoms with E-state index in [1.165, 1.54) is 24.3 Å². The maximum absolute atomic E-state index is 11.8. The minimum absolute atomic E-state index is 0.0550. The molecule has 0 spiro atoms. The zero-order valence-electron chi connectivity index (χ0n) is 9.75. The number of hydrogen-bond acceptors (Lipinski definition) is 3. The van der Waals surface area contributed by atoms with Crippen LogP contribution in [0.2, 0.25) is 10.0 Å². The predicted molar refractivity (Wildman–Crippen MR) is 77.8 cm³/mol. The van der Waals surface area contributed by atoms with E-state index >= 15 is 0 Å². The van der Waals surface area contributed by atoms with Crippen LogP contribution < -0.4 is 10.9 Å². The maximum atomic E-state index is 11.8. The highest BCUT2D eigenvalue weighted by Crippen LogP contribution is 2.20. The van der Waals surface area contributed by atoms with Gasteiger partial charge >= 0.3 is 5.91 Å². The first-order valence-electron chi connectivity index (χ1n) is 5.28. The van der Waals surface area contributed by atoms with Crippen LogP contribution in [0.4, 0.5) is 0 Å². The first kappa shape index (κ1) is 14.9. The van der Waals surface area contributed by atoms with E-state index in [2.05, 4.69) is 26.8 Å². The summed E-state index contributed by atoms with van der Waals surface area (Å²) in [7, 11) is 0. The molecule has 0 saturated carbocycles. The molecule has 2 rings (SSSR count). The van der Waals surface area contributed by atoms with Crippen LogP contribution in [0, 0.1) is 0 Å². The lowest BCUT2D eigenvalue weighted by atomic mass is 10.2. The van der Waals surface area contributed by atoms with Crippen molar-refractivity contribution in [3.05, 3.63) is 56.4 Å². The molecule has 2 amide bonds. The summed E-state index contributed by atoms with van der Waals surface area (Å²) in [5, 5.41) is 0.598. The molecule has 0 aliphatic carbocycles. The average Bonchev–Trinajstić information content (AvgIpc) is 2.82. The summed E-state index contributed by atoms with van der Waals surface area (Å²) in [5.74, 6) is -1.10. The maximum Gasteiger partial charge on any atom is 0.305 e. The van der Waals surface area contributed by atoms with E-state index in [4.69, 9.17) is 27.6 Å². The third-order valence-electron chi connectivity index (χ3n) is 2.26. The lowest BCUT2D eigenvalue weighted by Crippen LogP contribution is -2.41. The minimum Gasteiger partial charge on any atom is -0.444 e. The number of benzene rings is 1. The van der Waals surface area contributed by atoms with Crippen molar-refractivity contribution in [1.29, 1.82) is 0 Å². The van der Waals surface area contributed by atoms with Crippen molar-refractivity contribution < 1.29 is 14.0 Å². The van der Waals surface area contributed by atoms with Gasteiger partial charge in [0.1, 0.15) is 0 Å². The Morgan fingerprint density at radius 1 is 1.05 bits per heavy atom. The van der Waals surface area contributed by atoms with Crippen LogP contribution in [-0.4, -0.2) is 11.8 Å². The molecule has 0 bridgehead atoms. The second kappa shape index (κ2) is 6.30. The first-order valence-corrected chi connectivity index (χ1v) is 6.83. The van der Waals surface area contributed by atoms with Gasteiger partial charge in [-0.25, -0.2) is 0 Å². The molecule has 1 aromatic heterocycles. The molecule has 0 fully saturated rings. The number of carbonyl (C=O) groups excluding carboxylic acids is 2. The van der Waals surface area contributed by atoms with E-state index in [-0.39, 0.29) is 16.3 Å². The van der Waals surface area contributed by atoms with Gasteiger partial charge in [0.25, 0.3) is 5.91 Å². The van der Waals surface area contributed by atoms with Gasteiger partial charge in [0.2, 0.25) is 0 Å². The molecule has 5 nitrogen and oxygen atoms in total. The summed E-state index contributed by atoms with van der Waals surface area (Å²) < 4.78 is 5.44. The van der Waals surface area contributed by atoms with Crippen LogP contribution in [0.5, 0.6) is 0 Å². The number of carbonyl (C=O) groups is 2. The molecule has 0 aliphatic rings. The molecule has 8 heteroatoms. The summed E-state index contributed by atoms with van der Waals surface area (Å²) >= 11 is 14.7. The van der Waals surface area contributed by atoms with Crippen molar-refractivity contribution in [3.63, 3.8) is 0 Å². The fourth-order valence-electron chi connectivity index (χ4n) is 1.35. The number of nitrogens with one attached hydrogen (secondary N) is 2. The smallest absolute Gasteiger partial charge is 0.305 e. The van der Waals surface area contributed by atoms with E-state index in [0.717, 1.165) is 0 Å². The van der Waals surface area contributed by atoms with Crippen LogP contribution >= 0.6 is 39.1 Å². The normalized spacial score (nSPS) is 10.2. The molecule has 0 atom stereocenters. The van der Waals surface area contributed by atoms with Crippen molar-refractivity contribution in [3.8, 4) is 0 Å². The number of rotatable bonds is 2. The van der Waals surface area contributed by atoms with Crippen LogP contribution in [0.1, 0.15) is 20.9 Å². The highest BCUT2D eigenvalue weighted by molar-refractivity contribution is 9.10. The van der Waals surface area contributed by atoms with Gasteiger partial charge in [-0.15, -0.1) is 0 Å². The Kier molecular flexibility index (Phi) is 4.69. The second-order valence-electron chi connectivity index (χ2n) is 3.64. The molecule has 0 aliphatic heterocycles. The monoisotopic (exact) mass is 376 g/mol. The van der Waals surface area contributed by atoms with E-state index in [9.17, 15) is 9.59 Å². The first-order chi connectivity index (χ1) is 9.47. The van der Waals surface area contributed by atoms with Gasteiger partial charge in [-0.3, -0.25) is 20.4 Å². The Morgan fingerprint density at radius 3 is 2.35 bits per heavy atom. The molecular formula is C12H7BrCl2N2O3. The van der Waals surface area contributed by atoms with Crippen molar-refractivity contribution in [1.82, 2.24) is 10.9 Å². The van der Waals surface area contributed by atoms with Gasteiger partial charge < -0.3 is 4.42 Å². The van der Waals surface area contributed by atoms with E-state index < -0.39 is 11.8 Å². The fraction of sp³-hybridized carbons (Fsp3) is 0. The average molecular weight is 378 g/mol. The molecule has 1 heterocycles. The number of hydrogen-bond donors (Lipinski definition) is 2. The van der Waals surface area contributed by atoms with Crippen molar-refractivity contribution in [2.24, 2.45) is 0 Å². The second-order valence-corrected chi connectivity index (χ2v) is 5.26. The van der Waals surface area contributed by atoms with Crippen LogP contribution in [-0.2, 0) is 0 Å². The Hall–Kier alpha value is -1.50. The quantitative estimate of drug-likeness (QED) is 0.787. The highest BCUT2D eigenvalue weighted by Gasteiger charge is 2.14. The Morgan fingerprint density at radius 2 is 1.75 bits per heavy atom. The zero-order valence-corrected chi connectivity index (χ0v) is 12.8. The van der Waals surface area contributed by atoms with Gasteiger partial charge in [0.05, 0.1) is 10.6 Å². The van der Waals surface area contributed by atoms with Crippen molar-refractivity contribution in [2.75, 3.05) is 0 Å². The van der Waals surface area contributed by atoms with Crippen molar-refractivity contribution >= 4 is 50.9 Å². The number of hydrazine groups is 1. The molecule has 104 valence electrons. The summed E-state index contributed by atoms with van der Waals surface area (Å²) in [6.07, 6.45) is 0. The SMILES string of the molecule is O=C(NNC(=O)c1ccc(Cl)cc1Cl)c1ccc(Br)o1. The van der Waals surface area contributed by atoms with Crippen LogP contribution in [0.15, 0.2) is 39.4 Å². The van der Waals surface area contributed by atoms with E-state index in [1.807, 2.05) is 0 Å². The molecule has 1 aromatic carbocycles. The topological polar surface area (TPSA) is 71.3 Å². The van der Waals surface area contributed by atoms with Gasteiger partial charge in [0, 0.05) is 5.02 Å². The minimum atomic E-state index is -0.589. The largest absolute Gasteiger partial charge is 0.444 e. The highest BCUT2D eigenvalue weighted by atomic mass is 79.9. The molecule has 2 aromatic rings. The molecule has 0 unspecified atom stereocenters. The third kappa shape index (κ3) is 3.53. The van der Waals surface area contributed by atoms with Gasteiger partial charge in [-0.2, -0.15) is 0 Å². The van der Waals surface area contributed by atoms with Gasteiger partial charge in [0.15, 0.2) is 10.4 Å².